The fraction of sp³-hybridized carbons (Fsp3) is 0.962. The van der Waals surface area contributed by atoms with E-state index in [4.69, 9.17) is 18.9 Å². The highest BCUT2D eigenvalue weighted by molar-refractivity contribution is 5.70. The molecule has 0 radical (unpaired) electrons. The number of aliphatic carboxylic acids is 1. The second-order valence-electron chi connectivity index (χ2n) is 28.4. The molecule has 0 aromatic rings. The Morgan fingerprint density at radius 2 is 0.517 bits per heavy atom. The summed E-state index contributed by atoms with van der Waals surface area (Å²) in [6.45, 7) is 4.85. The number of rotatable bonds is 75. The van der Waals surface area contributed by atoms with E-state index in [0.717, 1.165) is 38.5 Å². The zero-order chi connectivity index (χ0) is 63.3. The first-order valence-corrected chi connectivity index (χ1v) is 39.2. The van der Waals surface area contributed by atoms with E-state index in [1.807, 2.05) is 21.1 Å². The van der Waals surface area contributed by atoms with Crippen molar-refractivity contribution in [2.24, 2.45) is 0 Å². The lowest BCUT2D eigenvalue weighted by atomic mass is 10.0. The maximum atomic E-state index is 13.0. The van der Waals surface area contributed by atoms with Crippen molar-refractivity contribution < 1.29 is 42.9 Å². The van der Waals surface area contributed by atoms with E-state index in [-0.39, 0.29) is 32.2 Å². The number of unbranched alkanes of at least 4 members (excludes halogenated alkanes) is 60. The molecule has 0 fully saturated rings. The van der Waals surface area contributed by atoms with Crippen molar-refractivity contribution in [3.8, 4) is 0 Å². The highest BCUT2D eigenvalue weighted by Gasteiger charge is 2.22. The van der Waals surface area contributed by atoms with Crippen LogP contribution < -0.4 is 5.11 Å². The average molecular weight is 1230 g/mol. The van der Waals surface area contributed by atoms with Gasteiger partial charge in [0, 0.05) is 12.8 Å². The van der Waals surface area contributed by atoms with Crippen LogP contribution >= 0.6 is 0 Å². The summed E-state index contributed by atoms with van der Waals surface area (Å²) in [4.78, 5) is 37.6. The predicted molar refractivity (Wildman–Crippen MR) is 371 cm³/mol. The summed E-state index contributed by atoms with van der Waals surface area (Å²) in [6.07, 6.45) is 82.3. The minimum absolute atomic E-state index is 0.154. The van der Waals surface area contributed by atoms with Crippen LogP contribution in [-0.4, -0.2) is 82.3 Å². The number of esters is 2. The molecule has 0 amide bonds. The quantitative estimate of drug-likeness (QED) is 0.0256. The average Bonchev–Trinajstić information content (AvgIpc) is 3.56. The fourth-order valence-corrected chi connectivity index (χ4v) is 12.4. The van der Waals surface area contributed by atoms with E-state index in [0.29, 0.717) is 17.4 Å². The Hall–Kier alpha value is -1.71. The van der Waals surface area contributed by atoms with Crippen LogP contribution in [0.3, 0.4) is 0 Å². The van der Waals surface area contributed by atoms with Crippen molar-refractivity contribution in [3.05, 3.63) is 0 Å². The molecule has 2 atom stereocenters. The van der Waals surface area contributed by atoms with Gasteiger partial charge >= 0.3 is 11.9 Å². The van der Waals surface area contributed by atoms with Crippen molar-refractivity contribution in [1.82, 2.24) is 0 Å². The molecule has 0 heterocycles. The molecule has 0 aromatic heterocycles. The van der Waals surface area contributed by atoms with Gasteiger partial charge in [0.15, 0.2) is 12.4 Å². The van der Waals surface area contributed by atoms with E-state index in [1.54, 1.807) is 0 Å². The maximum Gasteiger partial charge on any atom is 0.306 e. The summed E-state index contributed by atoms with van der Waals surface area (Å²) >= 11 is 0. The monoisotopic (exact) mass is 1230 g/mol. The van der Waals surface area contributed by atoms with E-state index < -0.39 is 24.3 Å². The first kappa shape index (κ1) is 85.3. The van der Waals surface area contributed by atoms with E-state index in [1.165, 1.54) is 360 Å². The Morgan fingerprint density at radius 1 is 0.299 bits per heavy atom. The second kappa shape index (κ2) is 70.2. The summed E-state index contributed by atoms with van der Waals surface area (Å²) in [5, 5.41) is 11.8. The number of carbonyl (C=O) groups is 3. The molecule has 0 aliphatic carbocycles. The minimum Gasteiger partial charge on any atom is -0.545 e. The first-order chi connectivity index (χ1) is 42.6. The van der Waals surface area contributed by atoms with Crippen molar-refractivity contribution in [1.29, 1.82) is 0 Å². The molecule has 87 heavy (non-hydrogen) atoms. The topological polar surface area (TPSA) is 111 Å². The maximum absolute atomic E-state index is 13.0. The van der Waals surface area contributed by atoms with Crippen molar-refractivity contribution in [2.75, 3.05) is 47.5 Å². The number of ether oxygens (including phenoxy) is 4. The Balaban J connectivity index is 3.95. The molecule has 518 valence electrons. The molecule has 0 spiro atoms. The van der Waals surface area contributed by atoms with E-state index in [2.05, 4.69) is 13.8 Å². The van der Waals surface area contributed by atoms with Gasteiger partial charge in [-0.15, -0.1) is 0 Å². The van der Waals surface area contributed by atoms with Crippen LogP contribution in [0.5, 0.6) is 0 Å². The molecular formula is C78H153NO8. The number of likely N-dealkylation sites (N-methyl/N-ethyl adjacent to an activating group) is 1. The Labute approximate surface area is 543 Å². The van der Waals surface area contributed by atoms with Crippen LogP contribution in [0.2, 0.25) is 0 Å². The molecule has 0 saturated carbocycles. The number of nitrogens with zero attached hydrogens (tertiary/aromatic N) is 1. The molecule has 0 rings (SSSR count). The molecule has 0 aromatic carbocycles. The van der Waals surface area contributed by atoms with Gasteiger partial charge < -0.3 is 33.3 Å². The third-order valence-electron chi connectivity index (χ3n) is 18.4. The zero-order valence-corrected chi connectivity index (χ0v) is 59.5. The number of carboxylic acids is 1. The van der Waals surface area contributed by atoms with Gasteiger partial charge in [-0.2, -0.15) is 0 Å². The van der Waals surface area contributed by atoms with Crippen molar-refractivity contribution >= 4 is 17.9 Å². The van der Waals surface area contributed by atoms with Gasteiger partial charge in [-0.3, -0.25) is 9.59 Å². The number of hydrogen-bond acceptors (Lipinski definition) is 8. The number of carbonyl (C=O) groups excluding carboxylic acids is 3. The molecule has 0 bridgehead atoms. The molecular weight excluding hydrogens is 1080 g/mol. The van der Waals surface area contributed by atoms with Gasteiger partial charge in [0.05, 0.1) is 40.3 Å². The largest absolute Gasteiger partial charge is 0.545 e. The highest BCUT2D eigenvalue weighted by Crippen LogP contribution is 2.20. The van der Waals surface area contributed by atoms with Crippen LogP contribution in [0.4, 0.5) is 0 Å². The van der Waals surface area contributed by atoms with Gasteiger partial charge in [0.2, 0.25) is 0 Å². The Bertz CT molecular complexity index is 1390. The van der Waals surface area contributed by atoms with Crippen LogP contribution in [0.15, 0.2) is 0 Å². The Kier molecular flexibility index (Phi) is 68.8. The van der Waals surface area contributed by atoms with Gasteiger partial charge in [-0.05, 0) is 12.8 Å². The standard InChI is InChI=1S/C78H153NO8/c1-6-8-10-12-14-16-18-20-22-24-26-28-30-32-34-35-36-37-38-39-40-41-42-43-45-47-49-51-53-55-57-59-61-63-65-67-69-76(81)87-74(73-86-78(77(82)83)84-71-70-79(3,4)5)72-85-75(80)68-66-64-62-60-58-56-54-52-50-48-46-44-33-31-29-27-25-23-21-19-17-15-13-11-9-7-2/h74,78H,6-73H2,1-5H3. The zero-order valence-electron chi connectivity index (χ0n) is 59.5. The summed E-state index contributed by atoms with van der Waals surface area (Å²) in [5.74, 6) is -2.24. The molecule has 0 N–H and O–H groups in total. The predicted octanol–water partition coefficient (Wildman–Crippen LogP) is 23.3. The molecule has 2 unspecified atom stereocenters. The number of hydrogen-bond donors (Lipinski definition) is 0. The van der Waals surface area contributed by atoms with Gasteiger partial charge in [0.1, 0.15) is 13.2 Å². The summed E-state index contributed by atoms with van der Waals surface area (Å²) in [7, 11) is 5.96. The van der Waals surface area contributed by atoms with Crippen LogP contribution in [-0.2, 0) is 33.3 Å². The van der Waals surface area contributed by atoms with Gasteiger partial charge in [-0.1, -0.05) is 399 Å². The normalized spacial score (nSPS) is 12.5. The lowest BCUT2D eigenvalue weighted by Crippen LogP contribution is -2.44. The van der Waals surface area contributed by atoms with Gasteiger partial charge in [0.25, 0.3) is 0 Å². The second-order valence-corrected chi connectivity index (χ2v) is 28.4. The molecule has 9 heteroatoms. The first-order valence-electron chi connectivity index (χ1n) is 39.2. The SMILES string of the molecule is CCCCCCCCCCCCCCCCCCCCCCCCCCCCCCCCCCCCCCC(=O)OC(COC(=O)CCCCCCCCCCCCCCCCCCCCCCCCCCCC)COC(OCC[N+](C)(C)C)C(=O)[O-]. The molecule has 0 saturated heterocycles. The number of carboxylic acid groups (broad SMARTS) is 1. The summed E-state index contributed by atoms with van der Waals surface area (Å²) < 4.78 is 22.9. The third kappa shape index (κ3) is 71.6. The lowest BCUT2D eigenvalue weighted by molar-refractivity contribution is -0.870. The summed E-state index contributed by atoms with van der Waals surface area (Å²) in [5.41, 5.74) is 0. The highest BCUT2D eigenvalue weighted by atomic mass is 16.7. The van der Waals surface area contributed by atoms with Crippen molar-refractivity contribution in [3.63, 3.8) is 0 Å². The van der Waals surface area contributed by atoms with Crippen LogP contribution in [0.25, 0.3) is 0 Å². The molecule has 0 aliphatic heterocycles. The van der Waals surface area contributed by atoms with Crippen molar-refractivity contribution in [2.45, 2.75) is 437 Å². The van der Waals surface area contributed by atoms with E-state index >= 15 is 0 Å². The van der Waals surface area contributed by atoms with Crippen LogP contribution in [0.1, 0.15) is 425 Å². The van der Waals surface area contributed by atoms with E-state index in [9.17, 15) is 19.5 Å². The lowest BCUT2D eigenvalue weighted by Gasteiger charge is -2.26. The molecule has 9 nitrogen and oxygen atoms in total. The van der Waals surface area contributed by atoms with Crippen LogP contribution in [0, 0.1) is 0 Å². The smallest absolute Gasteiger partial charge is 0.306 e. The van der Waals surface area contributed by atoms with Gasteiger partial charge in [-0.25, -0.2) is 0 Å². The molecule has 0 aliphatic rings. The number of quaternary nitrogens is 1. The summed E-state index contributed by atoms with van der Waals surface area (Å²) in [6, 6.07) is 0. The Morgan fingerprint density at radius 3 is 0.736 bits per heavy atom. The minimum atomic E-state index is -1.62. The fourth-order valence-electron chi connectivity index (χ4n) is 12.4. The third-order valence-corrected chi connectivity index (χ3v) is 18.4.